The molecule has 1 aliphatic rings. The number of nitrogens with zero attached hydrogens (tertiary/aromatic N) is 2. The van der Waals surface area contributed by atoms with Crippen molar-refractivity contribution < 1.29 is 13.9 Å². The minimum absolute atomic E-state index is 0.0290. The molecule has 0 aromatic heterocycles. The van der Waals surface area contributed by atoms with E-state index in [0.717, 1.165) is 18.7 Å². The van der Waals surface area contributed by atoms with Gasteiger partial charge in [0.25, 0.3) is 5.91 Å². The molecule has 0 saturated carbocycles. The van der Waals surface area contributed by atoms with Crippen LogP contribution in [0.2, 0.25) is 5.02 Å². The summed E-state index contributed by atoms with van der Waals surface area (Å²) in [7, 11) is 0. The average molecular weight is 391 g/mol. The van der Waals surface area contributed by atoms with Crippen molar-refractivity contribution in [3.05, 3.63) is 64.9 Å². The number of hydrogen-bond acceptors (Lipinski definition) is 3. The van der Waals surface area contributed by atoms with E-state index >= 15 is 0 Å². The number of carbonyl (C=O) groups excluding carboxylic acids is 1. The first kappa shape index (κ1) is 19.6. The number of rotatable bonds is 5. The highest BCUT2D eigenvalue weighted by atomic mass is 35.5. The Morgan fingerprint density at radius 2 is 1.81 bits per heavy atom. The first-order valence-corrected chi connectivity index (χ1v) is 9.47. The van der Waals surface area contributed by atoms with Crippen LogP contribution in [0, 0.1) is 5.82 Å². The van der Waals surface area contributed by atoms with E-state index in [-0.39, 0.29) is 30.4 Å². The standard InChI is InChI=1S/C21H24ClFN2O2/c1-15-12-25(21(26)14-27-20-6-4-3-5-19(20)22)16(2)11-24(15)13-17-7-9-18(23)10-8-17/h3-10,15-16H,11-14H2,1-2H3/t15-,16+/m0/s1. The van der Waals surface area contributed by atoms with E-state index in [0.29, 0.717) is 17.3 Å². The SMILES string of the molecule is C[C@@H]1CN(Cc2ccc(F)cc2)[C@@H](C)CN1C(=O)COc1ccccc1Cl. The predicted octanol–water partition coefficient (Wildman–Crippen LogP) is 3.98. The highest BCUT2D eigenvalue weighted by molar-refractivity contribution is 6.32. The summed E-state index contributed by atoms with van der Waals surface area (Å²) in [6.45, 7) is 6.24. The van der Waals surface area contributed by atoms with Crippen LogP contribution in [0.15, 0.2) is 48.5 Å². The fraction of sp³-hybridized carbons (Fsp3) is 0.381. The molecule has 2 aromatic carbocycles. The number of ether oxygens (including phenoxy) is 1. The predicted molar refractivity (Wildman–Crippen MR) is 104 cm³/mol. The Kier molecular flexibility index (Phi) is 6.34. The van der Waals surface area contributed by atoms with Crippen molar-refractivity contribution in [2.45, 2.75) is 32.5 Å². The summed E-state index contributed by atoms with van der Waals surface area (Å²) in [6.07, 6.45) is 0. The van der Waals surface area contributed by atoms with E-state index in [9.17, 15) is 9.18 Å². The van der Waals surface area contributed by atoms with Gasteiger partial charge in [-0.25, -0.2) is 4.39 Å². The molecule has 4 nitrogen and oxygen atoms in total. The van der Waals surface area contributed by atoms with Gasteiger partial charge in [0.2, 0.25) is 0 Å². The summed E-state index contributed by atoms with van der Waals surface area (Å²) in [6, 6.07) is 14.0. The number of hydrogen-bond donors (Lipinski definition) is 0. The molecule has 0 radical (unpaired) electrons. The number of carbonyl (C=O) groups is 1. The van der Waals surface area contributed by atoms with Crippen molar-refractivity contribution in [1.82, 2.24) is 9.80 Å². The Balaban J connectivity index is 1.56. The minimum atomic E-state index is -0.228. The van der Waals surface area contributed by atoms with Gasteiger partial charge in [0.1, 0.15) is 11.6 Å². The van der Waals surface area contributed by atoms with Crippen molar-refractivity contribution in [3.8, 4) is 5.75 Å². The summed E-state index contributed by atoms with van der Waals surface area (Å²) in [4.78, 5) is 16.8. The maximum Gasteiger partial charge on any atom is 0.260 e. The van der Waals surface area contributed by atoms with Crippen molar-refractivity contribution in [1.29, 1.82) is 0 Å². The Hall–Kier alpha value is -2.11. The zero-order chi connectivity index (χ0) is 19.4. The fourth-order valence-corrected chi connectivity index (χ4v) is 3.56. The van der Waals surface area contributed by atoms with Gasteiger partial charge in [0, 0.05) is 31.7 Å². The average Bonchev–Trinajstić information content (AvgIpc) is 2.65. The van der Waals surface area contributed by atoms with E-state index in [2.05, 4.69) is 11.8 Å². The molecule has 27 heavy (non-hydrogen) atoms. The Morgan fingerprint density at radius 1 is 1.11 bits per heavy atom. The Bertz CT molecular complexity index is 784. The molecule has 1 aliphatic heterocycles. The maximum atomic E-state index is 13.1. The van der Waals surface area contributed by atoms with Gasteiger partial charge >= 0.3 is 0 Å². The number of amides is 1. The highest BCUT2D eigenvalue weighted by Crippen LogP contribution is 2.24. The molecular formula is C21H24ClFN2O2. The van der Waals surface area contributed by atoms with Gasteiger partial charge in [-0.2, -0.15) is 0 Å². The van der Waals surface area contributed by atoms with E-state index in [1.165, 1.54) is 12.1 Å². The van der Waals surface area contributed by atoms with E-state index in [4.69, 9.17) is 16.3 Å². The van der Waals surface area contributed by atoms with Crippen molar-refractivity contribution >= 4 is 17.5 Å². The molecule has 1 amide bonds. The molecule has 6 heteroatoms. The van der Waals surface area contributed by atoms with Gasteiger partial charge in [-0.1, -0.05) is 35.9 Å². The molecule has 0 bridgehead atoms. The number of benzene rings is 2. The summed E-state index contributed by atoms with van der Waals surface area (Å²) in [5, 5.41) is 0.496. The third kappa shape index (κ3) is 4.99. The third-order valence-electron chi connectivity index (χ3n) is 4.92. The first-order valence-electron chi connectivity index (χ1n) is 9.09. The monoisotopic (exact) mass is 390 g/mol. The zero-order valence-corrected chi connectivity index (χ0v) is 16.3. The number of para-hydroxylation sites is 1. The number of halogens is 2. The van der Waals surface area contributed by atoms with Gasteiger partial charge in [0.05, 0.1) is 5.02 Å². The van der Waals surface area contributed by atoms with Gasteiger partial charge in [-0.3, -0.25) is 9.69 Å². The lowest BCUT2D eigenvalue weighted by Crippen LogP contribution is -2.58. The fourth-order valence-electron chi connectivity index (χ4n) is 3.37. The van der Waals surface area contributed by atoms with Crippen LogP contribution in [0.5, 0.6) is 5.75 Å². The Morgan fingerprint density at radius 3 is 2.52 bits per heavy atom. The Labute approximate surface area is 164 Å². The van der Waals surface area contributed by atoms with Crippen molar-refractivity contribution in [2.24, 2.45) is 0 Å². The second kappa shape index (κ2) is 8.72. The molecule has 1 saturated heterocycles. The largest absolute Gasteiger partial charge is 0.482 e. The van der Waals surface area contributed by atoms with Crippen LogP contribution >= 0.6 is 11.6 Å². The second-order valence-corrected chi connectivity index (χ2v) is 7.43. The van der Waals surface area contributed by atoms with Gasteiger partial charge in [-0.05, 0) is 43.7 Å². The van der Waals surface area contributed by atoms with E-state index in [1.807, 2.05) is 36.1 Å². The molecule has 0 unspecified atom stereocenters. The lowest BCUT2D eigenvalue weighted by molar-refractivity contribution is -0.139. The van der Waals surface area contributed by atoms with Crippen LogP contribution in [0.3, 0.4) is 0 Å². The molecule has 0 N–H and O–H groups in total. The lowest BCUT2D eigenvalue weighted by atomic mass is 10.1. The molecule has 2 atom stereocenters. The van der Waals surface area contributed by atoms with E-state index in [1.54, 1.807) is 12.1 Å². The molecule has 1 fully saturated rings. The van der Waals surface area contributed by atoms with Crippen LogP contribution < -0.4 is 4.74 Å². The van der Waals surface area contributed by atoms with Crippen molar-refractivity contribution in [3.63, 3.8) is 0 Å². The van der Waals surface area contributed by atoms with Gasteiger partial charge in [-0.15, -0.1) is 0 Å². The molecule has 1 heterocycles. The van der Waals surface area contributed by atoms with Crippen LogP contribution in [0.25, 0.3) is 0 Å². The molecule has 0 aliphatic carbocycles. The minimum Gasteiger partial charge on any atom is -0.482 e. The first-order chi connectivity index (χ1) is 12.9. The second-order valence-electron chi connectivity index (χ2n) is 7.02. The molecular weight excluding hydrogens is 367 g/mol. The molecule has 3 rings (SSSR count). The maximum absolute atomic E-state index is 13.1. The molecule has 144 valence electrons. The smallest absolute Gasteiger partial charge is 0.260 e. The summed E-state index contributed by atoms with van der Waals surface area (Å²) in [5.74, 6) is 0.243. The van der Waals surface area contributed by atoms with E-state index < -0.39 is 0 Å². The summed E-state index contributed by atoms with van der Waals surface area (Å²) in [5.41, 5.74) is 1.07. The van der Waals surface area contributed by atoms with Gasteiger partial charge in [0.15, 0.2) is 6.61 Å². The number of piperazine rings is 1. The van der Waals surface area contributed by atoms with Crippen LogP contribution in [-0.2, 0) is 11.3 Å². The van der Waals surface area contributed by atoms with Crippen LogP contribution in [0.4, 0.5) is 4.39 Å². The summed E-state index contributed by atoms with van der Waals surface area (Å²) >= 11 is 6.07. The van der Waals surface area contributed by atoms with Crippen molar-refractivity contribution in [2.75, 3.05) is 19.7 Å². The van der Waals surface area contributed by atoms with Crippen LogP contribution in [0.1, 0.15) is 19.4 Å². The van der Waals surface area contributed by atoms with Gasteiger partial charge < -0.3 is 9.64 Å². The topological polar surface area (TPSA) is 32.8 Å². The molecule has 2 aromatic rings. The normalized spacial score (nSPS) is 20.5. The third-order valence-corrected chi connectivity index (χ3v) is 5.23. The lowest BCUT2D eigenvalue weighted by Gasteiger charge is -2.44. The zero-order valence-electron chi connectivity index (χ0n) is 15.6. The quantitative estimate of drug-likeness (QED) is 0.774. The highest BCUT2D eigenvalue weighted by Gasteiger charge is 2.32. The van der Waals surface area contributed by atoms with Crippen LogP contribution in [-0.4, -0.2) is 47.5 Å². The summed E-state index contributed by atoms with van der Waals surface area (Å²) < 4.78 is 18.7. The molecule has 0 spiro atoms.